The van der Waals surface area contributed by atoms with E-state index in [-0.39, 0.29) is 18.5 Å². The summed E-state index contributed by atoms with van der Waals surface area (Å²) >= 11 is 9.45. The maximum absolute atomic E-state index is 13.3. The van der Waals surface area contributed by atoms with Crippen molar-refractivity contribution in [2.45, 2.75) is 26.0 Å². The summed E-state index contributed by atoms with van der Waals surface area (Å²) in [5.41, 5.74) is 7.56. The fourth-order valence-electron chi connectivity index (χ4n) is 2.02. The Kier molecular flexibility index (Phi) is 5.62. The zero-order valence-corrected chi connectivity index (χ0v) is 13.9. The van der Waals surface area contributed by atoms with E-state index in [2.05, 4.69) is 15.9 Å². The summed E-state index contributed by atoms with van der Waals surface area (Å²) in [7, 11) is 0. The second-order valence-electron chi connectivity index (χ2n) is 5.01. The Bertz CT molecular complexity index is 613. The summed E-state index contributed by atoms with van der Waals surface area (Å²) in [4.78, 5) is 0. The number of benzene rings is 2. The Hall–Kier alpha value is -1.10. The van der Waals surface area contributed by atoms with Crippen LogP contribution in [0.2, 0.25) is 5.02 Å². The molecule has 2 nitrogen and oxygen atoms in total. The molecule has 1 atom stereocenters. The average Bonchev–Trinajstić information content (AvgIpc) is 2.36. The maximum Gasteiger partial charge on any atom is 0.138 e. The largest absolute Gasteiger partial charge is 0.487 e. The van der Waals surface area contributed by atoms with Crippen molar-refractivity contribution in [1.29, 1.82) is 0 Å². The van der Waals surface area contributed by atoms with Crippen molar-refractivity contribution in [3.05, 3.63) is 62.8 Å². The predicted molar refractivity (Wildman–Crippen MR) is 87.2 cm³/mol. The number of rotatable bonds is 5. The molecule has 0 heterocycles. The molecule has 0 aliphatic heterocycles. The third kappa shape index (κ3) is 4.99. The highest BCUT2D eigenvalue weighted by molar-refractivity contribution is 9.10. The van der Waals surface area contributed by atoms with Gasteiger partial charge in [0, 0.05) is 10.5 Å². The number of ether oxygens (including phenoxy) is 1. The average molecular weight is 373 g/mol. The molecule has 2 rings (SSSR count). The number of nitrogens with two attached hydrogens (primary N) is 1. The van der Waals surface area contributed by atoms with Crippen molar-refractivity contribution < 1.29 is 9.13 Å². The number of halogens is 3. The van der Waals surface area contributed by atoms with Crippen molar-refractivity contribution in [2.24, 2.45) is 5.73 Å². The molecule has 1 unspecified atom stereocenters. The molecule has 112 valence electrons. The van der Waals surface area contributed by atoms with Crippen molar-refractivity contribution in [3.8, 4) is 5.75 Å². The van der Waals surface area contributed by atoms with E-state index < -0.39 is 0 Å². The monoisotopic (exact) mass is 371 g/mol. The molecule has 0 spiro atoms. The van der Waals surface area contributed by atoms with Gasteiger partial charge in [-0.25, -0.2) is 4.39 Å². The van der Waals surface area contributed by atoms with Crippen LogP contribution in [0.4, 0.5) is 4.39 Å². The van der Waals surface area contributed by atoms with Crippen LogP contribution in [0.1, 0.15) is 18.1 Å². The lowest BCUT2D eigenvalue weighted by Gasteiger charge is -2.11. The lowest BCUT2D eigenvalue weighted by atomic mass is 10.1. The normalized spacial score (nSPS) is 12.2. The molecule has 0 aromatic heterocycles. The van der Waals surface area contributed by atoms with Gasteiger partial charge in [-0.05, 0) is 54.8 Å². The van der Waals surface area contributed by atoms with Crippen LogP contribution in [0.25, 0.3) is 0 Å². The molecular formula is C16H16BrClFNO. The highest BCUT2D eigenvalue weighted by Gasteiger charge is 2.06. The van der Waals surface area contributed by atoms with Crippen LogP contribution in [0, 0.1) is 5.82 Å². The Balaban J connectivity index is 2.06. The Morgan fingerprint density at radius 1 is 1.24 bits per heavy atom. The van der Waals surface area contributed by atoms with Crippen LogP contribution >= 0.6 is 27.5 Å². The van der Waals surface area contributed by atoms with Gasteiger partial charge in [0.1, 0.15) is 18.2 Å². The molecule has 5 heteroatoms. The molecule has 0 aliphatic carbocycles. The summed E-state index contributed by atoms with van der Waals surface area (Å²) in [6.45, 7) is 2.20. The third-order valence-corrected chi connectivity index (χ3v) is 3.62. The Morgan fingerprint density at radius 2 is 2.00 bits per heavy atom. The smallest absolute Gasteiger partial charge is 0.138 e. The van der Waals surface area contributed by atoms with E-state index in [0.717, 1.165) is 17.5 Å². The highest BCUT2D eigenvalue weighted by atomic mass is 79.9. The van der Waals surface area contributed by atoms with Gasteiger partial charge in [0.15, 0.2) is 0 Å². The standard InChI is InChI=1S/C16H16BrClFNO/c1-10(20)4-11-2-3-16(15(18)7-11)21-9-12-5-13(17)8-14(19)6-12/h2-3,5-8,10H,4,9,20H2,1H3. The molecule has 0 saturated carbocycles. The highest BCUT2D eigenvalue weighted by Crippen LogP contribution is 2.27. The summed E-state index contributed by atoms with van der Waals surface area (Å²) in [5.74, 6) is 0.270. The third-order valence-electron chi connectivity index (χ3n) is 2.87. The van der Waals surface area contributed by atoms with Gasteiger partial charge in [-0.15, -0.1) is 0 Å². The zero-order valence-electron chi connectivity index (χ0n) is 11.6. The molecular weight excluding hydrogens is 357 g/mol. The second-order valence-corrected chi connectivity index (χ2v) is 6.34. The first-order chi connectivity index (χ1) is 9.94. The van der Waals surface area contributed by atoms with Crippen LogP contribution in [-0.2, 0) is 13.0 Å². The minimum atomic E-state index is -0.304. The van der Waals surface area contributed by atoms with Gasteiger partial charge in [0.25, 0.3) is 0 Å². The molecule has 2 aromatic carbocycles. The van der Waals surface area contributed by atoms with Crippen molar-refractivity contribution in [1.82, 2.24) is 0 Å². The van der Waals surface area contributed by atoms with Crippen LogP contribution in [-0.4, -0.2) is 6.04 Å². The summed E-state index contributed by atoms with van der Waals surface area (Å²) in [5, 5.41) is 0.531. The Labute approximate surface area is 137 Å². The zero-order chi connectivity index (χ0) is 15.4. The SMILES string of the molecule is CC(N)Cc1ccc(OCc2cc(F)cc(Br)c2)c(Cl)c1. The summed E-state index contributed by atoms with van der Waals surface area (Å²) in [6, 6.07) is 10.3. The minimum absolute atomic E-state index is 0.0810. The molecule has 21 heavy (non-hydrogen) atoms. The fraction of sp³-hybridized carbons (Fsp3) is 0.250. The fourth-order valence-corrected chi connectivity index (χ4v) is 2.79. The number of hydrogen-bond acceptors (Lipinski definition) is 2. The van der Waals surface area contributed by atoms with Crippen LogP contribution in [0.5, 0.6) is 5.75 Å². The van der Waals surface area contributed by atoms with Crippen molar-refractivity contribution in [3.63, 3.8) is 0 Å². The van der Waals surface area contributed by atoms with Crippen LogP contribution in [0.15, 0.2) is 40.9 Å². The van der Waals surface area contributed by atoms with Crippen LogP contribution in [0.3, 0.4) is 0 Å². The van der Waals surface area contributed by atoms with Crippen molar-refractivity contribution >= 4 is 27.5 Å². The predicted octanol–water partition coefficient (Wildman–Crippen LogP) is 4.71. The van der Waals surface area contributed by atoms with Gasteiger partial charge < -0.3 is 10.5 Å². The van der Waals surface area contributed by atoms with Gasteiger partial charge in [0.2, 0.25) is 0 Å². The van der Waals surface area contributed by atoms with Crippen LogP contribution < -0.4 is 10.5 Å². The molecule has 0 saturated heterocycles. The van der Waals surface area contributed by atoms with E-state index in [1.807, 2.05) is 25.1 Å². The molecule has 2 N–H and O–H groups in total. The first-order valence-corrected chi connectivity index (χ1v) is 7.73. The van der Waals surface area contributed by atoms with E-state index in [1.165, 1.54) is 12.1 Å². The minimum Gasteiger partial charge on any atom is -0.487 e. The topological polar surface area (TPSA) is 35.2 Å². The second kappa shape index (κ2) is 7.25. The molecule has 0 amide bonds. The molecule has 2 aromatic rings. The van der Waals surface area contributed by atoms with Crippen molar-refractivity contribution in [2.75, 3.05) is 0 Å². The van der Waals surface area contributed by atoms with E-state index in [0.29, 0.717) is 15.2 Å². The first-order valence-electron chi connectivity index (χ1n) is 6.56. The Morgan fingerprint density at radius 3 is 2.62 bits per heavy atom. The summed E-state index contributed by atoms with van der Waals surface area (Å²) < 4.78 is 19.6. The van der Waals surface area contributed by atoms with Gasteiger partial charge in [0.05, 0.1) is 5.02 Å². The maximum atomic E-state index is 13.3. The lowest BCUT2D eigenvalue weighted by molar-refractivity contribution is 0.305. The van der Waals surface area contributed by atoms with E-state index in [4.69, 9.17) is 22.1 Å². The van der Waals surface area contributed by atoms with E-state index in [9.17, 15) is 4.39 Å². The lowest BCUT2D eigenvalue weighted by Crippen LogP contribution is -2.17. The molecule has 0 aliphatic rings. The quantitative estimate of drug-likeness (QED) is 0.825. The molecule has 0 radical (unpaired) electrons. The van der Waals surface area contributed by atoms with Gasteiger partial charge >= 0.3 is 0 Å². The van der Waals surface area contributed by atoms with E-state index in [1.54, 1.807) is 6.07 Å². The van der Waals surface area contributed by atoms with Gasteiger partial charge in [-0.2, -0.15) is 0 Å². The molecule has 0 fully saturated rings. The summed E-state index contributed by atoms with van der Waals surface area (Å²) in [6.07, 6.45) is 0.761. The molecule has 0 bridgehead atoms. The van der Waals surface area contributed by atoms with Gasteiger partial charge in [-0.1, -0.05) is 33.6 Å². The van der Waals surface area contributed by atoms with E-state index >= 15 is 0 Å². The number of hydrogen-bond donors (Lipinski definition) is 1. The first kappa shape index (κ1) is 16.3. The van der Waals surface area contributed by atoms with Gasteiger partial charge in [-0.3, -0.25) is 0 Å².